The molecule has 6 rings (SSSR count). The predicted octanol–water partition coefficient (Wildman–Crippen LogP) is 7.96. The van der Waals surface area contributed by atoms with Crippen molar-refractivity contribution in [2.24, 2.45) is 0 Å². The van der Waals surface area contributed by atoms with E-state index in [2.05, 4.69) is 101 Å². The number of hydrogen-bond acceptors (Lipinski definition) is 5. The SMILES string of the molecule is CCCCn1c(-c2ccc(OC)cc2)nc(-c2ccccc2)c1CN(Cc1ccccc1)Cc1ccc2c(c1)OCO2. The first kappa shape index (κ1) is 27.6. The molecule has 0 fully saturated rings. The minimum absolute atomic E-state index is 0.275. The standard InChI is InChI=1S/C36H37N3O3/c1-3-4-21-39-32(35(29-13-9-6-10-14-29)37-36(39)30-16-18-31(40-2)19-17-30)25-38(23-27-11-7-5-8-12-27)24-28-15-20-33-34(22-28)42-26-41-33/h5-20,22H,3-4,21,23-26H2,1-2H3. The number of rotatable bonds is 12. The summed E-state index contributed by atoms with van der Waals surface area (Å²) in [5.74, 6) is 3.45. The highest BCUT2D eigenvalue weighted by Gasteiger charge is 2.23. The number of aromatic nitrogens is 2. The lowest BCUT2D eigenvalue weighted by molar-refractivity contribution is 0.174. The average molecular weight is 560 g/mol. The molecule has 0 aliphatic carbocycles. The fraction of sp³-hybridized carbons (Fsp3) is 0.250. The normalized spacial score (nSPS) is 12.2. The Balaban J connectivity index is 1.44. The number of imidazole rings is 1. The van der Waals surface area contributed by atoms with Crippen molar-refractivity contribution in [1.29, 1.82) is 0 Å². The van der Waals surface area contributed by atoms with E-state index in [1.165, 1.54) is 16.8 Å². The molecule has 1 aromatic heterocycles. The summed E-state index contributed by atoms with van der Waals surface area (Å²) >= 11 is 0. The molecule has 6 heteroatoms. The third-order valence-electron chi connectivity index (χ3n) is 7.67. The van der Waals surface area contributed by atoms with Gasteiger partial charge in [-0.3, -0.25) is 4.90 Å². The zero-order valence-electron chi connectivity index (χ0n) is 24.3. The van der Waals surface area contributed by atoms with Crippen molar-refractivity contribution < 1.29 is 14.2 Å². The highest BCUT2D eigenvalue weighted by molar-refractivity contribution is 5.68. The van der Waals surface area contributed by atoms with Gasteiger partial charge in [-0.15, -0.1) is 0 Å². The maximum atomic E-state index is 5.70. The number of fused-ring (bicyclic) bond motifs is 1. The summed E-state index contributed by atoms with van der Waals surface area (Å²) < 4.78 is 19.2. The van der Waals surface area contributed by atoms with Gasteiger partial charge in [-0.25, -0.2) is 4.98 Å². The molecule has 0 saturated carbocycles. The summed E-state index contributed by atoms with van der Waals surface area (Å²) in [6, 6.07) is 35.7. The van der Waals surface area contributed by atoms with Crippen LogP contribution >= 0.6 is 0 Å². The van der Waals surface area contributed by atoms with Crippen LogP contribution in [0.1, 0.15) is 36.6 Å². The fourth-order valence-electron chi connectivity index (χ4n) is 5.51. The maximum absolute atomic E-state index is 5.70. The Hall–Kier alpha value is -4.55. The Morgan fingerprint density at radius 3 is 2.21 bits per heavy atom. The van der Waals surface area contributed by atoms with Crippen LogP contribution in [0.3, 0.4) is 0 Å². The number of hydrogen-bond donors (Lipinski definition) is 0. The summed E-state index contributed by atoms with van der Waals surface area (Å²) in [5, 5.41) is 0. The molecule has 1 aliphatic heterocycles. The molecule has 0 atom stereocenters. The highest BCUT2D eigenvalue weighted by Crippen LogP contribution is 2.35. The van der Waals surface area contributed by atoms with E-state index in [4.69, 9.17) is 19.2 Å². The number of unbranched alkanes of at least 4 members (excludes halogenated alkanes) is 1. The summed E-state index contributed by atoms with van der Waals surface area (Å²) in [6.45, 7) is 5.72. The van der Waals surface area contributed by atoms with E-state index in [1.54, 1.807) is 7.11 Å². The second kappa shape index (κ2) is 13.0. The van der Waals surface area contributed by atoms with E-state index in [1.807, 2.05) is 18.2 Å². The van der Waals surface area contributed by atoms with Crippen molar-refractivity contribution in [3.05, 3.63) is 120 Å². The van der Waals surface area contributed by atoms with Crippen LogP contribution in [0.2, 0.25) is 0 Å². The summed E-state index contributed by atoms with van der Waals surface area (Å²) in [4.78, 5) is 7.83. The largest absolute Gasteiger partial charge is 0.497 e. The molecule has 0 N–H and O–H groups in total. The van der Waals surface area contributed by atoms with Crippen LogP contribution in [-0.2, 0) is 26.2 Å². The van der Waals surface area contributed by atoms with Crippen molar-refractivity contribution >= 4 is 0 Å². The van der Waals surface area contributed by atoms with Gasteiger partial charge in [0.2, 0.25) is 6.79 Å². The van der Waals surface area contributed by atoms with Gasteiger partial charge >= 0.3 is 0 Å². The van der Waals surface area contributed by atoms with E-state index >= 15 is 0 Å². The topological polar surface area (TPSA) is 48.8 Å². The van der Waals surface area contributed by atoms with E-state index in [9.17, 15) is 0 Å². The molecule has 0 amide bonds. The van der Waals surface area contributed by atoms with Crippen molar-refractivity contribution in [1.82, 2.24) is 14.5 Å². The molecule has 42 heavy (non-hydrogen) atoms. The van der Waals surface area contributed by atoms with Gasteiger partial charge in [0.1, 0.15) is 11.6 Å². The smallest absolute Gasteiger partial charge is 0.231 e. The van der Waals surface area contributed by atoms with Gasteiger partial charge in [0.05, 0.1) is 18.5 Å². The van der Waals surface area contributed by atoms with Gasteiger partial charge in [-0.05, 0) is 53.9 Å². The van der Waals surface area contributed by atoms with Crippen molar-refractivity contribution in [3.8, 4) is 39.9 Å². The Morgan fingerprint density at radius 1 is 0.762 bits per heavy atom. The molecule has 1 aliphatic rings. The van der Waals surface area contributed by atoms with E-state index < -0.39 is 0 Å². The number of nitrogens with zero attached hydrogens (tertiary/aromatic N) is 3. The Morgan fingerprint density at radius 2 is 1.48 bits per heavy atom. The predicted molar refractivity (Wildman–Crippen MR) is 167 cm³/mol. The molecule has 2 heterocycles. The van der Waals surface area contributed by atoms with E-state index in [0.29, 0.717) is 0 Å². The van der Waals surface area contributed by atoms with Crippen LogP contribution in [0.4, 0.5) is 0 Å². The molecule has 0 bridgehead atoms. The third kappa shape index (κ3) is 6.19. The quantitative estimate of drug-likeness (QED) is 0.155. The van der Waals surface area contributed by atoms with Crippen LogP contribution < -0.4 is 14.2 Å². The van der Waals surface area contributed by atoms with Gasteiger partial charge in [0.25, 0.3) is 0 Å². The zero-order valence-corrected chi connectivity index (χ0v) is 24.3. The fourth-order valence-corrected chi connectivity index (χ4v) is 5.51. The first-order chi connectivity index (χ1) is 20.7. The lowest BCUT2D eigenvalue weighted by Gasteiger charge is -2.25. The minimum atomic E-state index is 0.275. The molecule has 0 unspecified atom stereocenters. The van der Waals surface area contributed by atoms with Crippen LogP contribution in [0.25, 0.3) is 22.6 Å². The van der Waals surface area contributed by atoms with Crippen molar-refractivity contribution in [2.75, 3.05) is 13.9 Å². The zero-order chi connectivity index (χ0) is 28.7. The maximum Gasteiger partial charge on any atom is 0.231 e. The van der Waals surface area contributed by atoms with Crippen LogP contribution in [-0.4, -0.2) is 28.4 Å². The van der Waals surface area contributed by atoms with Crippen LogP contribution in [0, 0.1) is 0 Å². The monoisotopic (exact) mass is 559 g/mol. The first-order valence-electron chi connectivity index (χ1n) is 14.7. The number of methoxy groups -OCH3 is 1. The van der Waals surface area contributed by atoms with Gasteiger partial charge in [0, 0.05) is 37.3 Å². The average Bonchev–Trinajstić information content (AvgIpc) is 3.65. The number of ether oxygens (including phenoxy) is 3. The Kier molecular flexibility index (Phi) is 8.52. The van der Waals surface area contributed by atoms with Crippen LogP contribution in [0.15, 0.2) is 103 Å². The van der Waals surface area contributed by atoms with Gasteiger partial charge in [0.15, 0.2) is 11.5 Å². The molecule has 6 nitrogen and oxygen atoms in total. The molecular formula is C36H37N3O3. The molecule has 4 aromatic carbocycles. The summed E-state index contributed by atoms with van der Waals surface area (Å²) in [5.41, 5.74) is 6.92. The molecule has 0 saturated heterocycles. The molecule has 5 aromatic rings. The van der Waals surface area contributed by atoms with Crippen LogP contribution in [0.5, 0.6) is 17.2 Å². The Labute approximate surface area is 248 Å². The second-order valence-corrected chi connectivity index (χ2v) is 10.6. The molecular weight excluding hydrogens is 522 g/mol. The summed E-state index contributed by atoms with van der Waals surface area (Å²) in [6.07, 6.45) is 2.17. The minimum Gasteiger partial charge on any atom is -0.497 e. The first-order valence-corrected chi connectivity index (χ1v) is 14.7. The second-order valence-electron chi connectivity index (χ2n) is 10.6. The number of benzene rings is 4. The van der Waals surface area contributed by atoms with E-state index in [0.717, 1.165) is 78.9 Å². The molecule has 214 valence electrons. The van der Waals surface area contributed by atoms with Gasteiger partial charge in [-0.1, -0.05) is 80.1 Å². The highest BCUT2D eigenvalue weighted by atomic mass is 16.7. The van der Waals surface area contributed by atoms with Crippen molar-refractivity contribution in [2.45, 2.75) is 45.9 Å². The molecule has 0 radical (unpaired) electrons. The lowest BCUT2D eigenvalue weighted by Crippen LogP contribution is -2.24. The lowest BCUT2D eigenvalue weighted by atomic mass is 10.1. The van der Waals surface area contributed by atoms with E-state index in [-0.39, 0.29) is 6.79 Å². The Bertz CT molecular complexity index is 1600. The molecule has 0 spiro atoms. The summed E-state index contributed by atoms with van der Waals surface area (Å²) in [7, 11) is 1.70. The van der Waals surface area contributed by atoms with Gasteiger partial charge < -0.3 is 18.8 Å². The van der Waals surface area contributed by atoms with Crippen molar-refractivity contribution in [3.63, 3.8) is 0 Å². The van der Waals surface area contributed by atoms with Gasteiger partial charge in [-0.2, -0.15) is 0 Å². The third-order valence-corrected chi connectivity index (χ3v) is 7.67.